The molecular weight excluding hydrogens is 404 g/mol. The summed E-state index contributed by atoms with van der Waals surface area (Å²) in [6.45, 7) is 0.980. The molecule has 164 valence electrons. The van der Waals surface area contributed by atoms with Gasteiger partial charge in [-0.15, -0.1) is 0 Å². The number of anilines is 3. The fourth-order valence-corrected chi connectivity index (χ4v) is 3.88. The zero-order chi connectivity index (χ0) is 22.2. The molecule has 8 nitrogen and oxygen atoms in total. The van der Waals surface area contributed by atoms with Gasteiger partial charge in [-0.1, -0.05) is 48.0 Å². The van der Waals surface area contributed by atoms with Gasteiger partial charge in [0.05, 0.1) is 11.5 Å². The van der Waals surface area contributed by atoms with E-state index in [2.05, 4.69) is 26.3 Å². The Hall–Kier alpha value is -3.81. The molecule has 0 fully saturated rings. The number of rotatable bonds is 9. The van der Waals surface area contributed by atoms with E-state index in [4.69, 9.17) is 0 Å². The molecule has 1 N–H and O–H groups in total. The number of hydrogen-bond acceptors (Lipinski definition) is 7. The highest BCUT2D eigenvalue weighted by Gasteiger charge is 2.28. The molecule has 1 aliphatic carbocycles. The number of benzene rings is 1. The van der Waals surface area contributed by atoms with Gasteiger partial charge in [0.15, 0.2) is 0 Å². The van der Waals surface area contributed by atoms with E-state index in [-0.39, 0.29) is 17.3 Å². The molecule has 3 aromatic rings. The van der Waals surface area contributed by atoms with Crippen molar-refractivity contribution in [1.29, 1.82) is 0 Å². The number of aromatic nitrogens is 3. The number of nitrogens with one attached hydrogen (secondary N) is 1. The Bertz CT molecular complexity index is 1070. The van der Waals surface area contributed by atoms with Gasteiger partial charge in [-0.2, -0.15) is 0 Å². The van der Waals surface area contributed by atoms with Crippen LogP contribution in [-0.4, -0.2) is 26.4 Å². The summed E-state index contributed by atoms with van der Waals surface area (Å²) in [6, 6.07) is 15.2. The van der Waals surface area contributed by atoms with Crippen LogP contribution in [0.3, 0.4) is 0 Å². The van der Waals surface area contributed by atoms with Gasteiger partial charge in [0.1, 0.15) is 12.1 Å². The van der Waals surface area contributed by atoms with E-state index in [1.165, 1.54) is 24.7 Å². The van der Waals surface area contributed by atoms with Crippen molar-refractivity contribution in [3.8, 4) is 0 Å². The molecule has 0 radical (unpaired) electrons. The molecular formula is C24H26N6O2. The lowest BCUT2D eigenvalue weighted by Crippen LogP contribution is -2.21. The van der Waals surface area contributed by atoms with Gasteiger partial charge < -0.3 is 10.2 Å². The van der Waals surface area contributed by atoms with Crippen LogP contribution in [0.1, 0.15) is 37.7 Å². The maximum Gasteiger partial charge on any atom is 0.353 e. The predicted octanol–water partition coefficient (Wildman–Crippen LogP) is 5.42. The van der Waals surface area contributed by atoms with E-state index >= 15 is 0 Å². The predicted molar refractivity (Wildman–Crippen MR) is 125 cm³/mol. The van der Waals surface area contributed by atoms with Crippen molar-refractivity contribution in [2.24, 2.45) is 0 Å². The fourth-order valence-electron chi connectivity index (χ4n) is 3.88. The quantitative estimate of drug-likeness (QED) is 0.275. The second-order valence-corrected chi connectivity index (χ2v) is 7.70. The normalized spacial score (nSPS) is 13.3. The first kappa shape index (κ1) is 21.4. The molecule has 0 bridgehead atoms. The molecule has 0 unspecified atom stereocenters. The summed E-state index contributed by atoms with van der Waals surface area (Å²) in [6.07, 6.45) is 10.8. The number of nitrogens with zero attached hydrogens (tertiary/aromatic N) is 5. The Morgan fingerprint density at radius 1 is 1.03 bits per heavy atom. The molecule has 0 saturated carbocycles. The fraction of sp³-hybridized carbons (Fsp3) is 0.292. The topological polar surface area (TPSA) is 97.1 Å². The molecule has 0 saturated heterocycles. The maximum absolute atomic E-state index is 12.1. The minimum atomic E-state index is -0.418. The Morgan fingerprint density at radius 3 is 2.59 bits per heavy atom. The van der Waals surface area contributed by atoms with Gasteiger partial charge in [-0.25, -0.2) is 15.0 Å². The summed E-state index contributed by atoms with van der Waals surface area (Å²) in [5.41, 5.74) is 2.25. The largest absolute Gasteiger partial charge is 0.364 e. The summed E-state index contributed by atoms with van der Waals surface area (Å²) < 4.78 is 0. The van der Waals surface area contributed by atoms with Crippen LogP contribution >= 0.6 is 0 Å². The summed E-state index contributed by atoms with van der Waals surface area (Å²) in [5, 5.41) is 15.3. The van der Waals surface area contributed by atoms with Crippen LogP contribution in [-0.2, 0) is 6.54 Å². The van der Waals surface area contributed by atoms with Gasteiger partial charge in [0, 0.05) is 12.7 Å². The lowest BCUT2D eigenvalue weighted by Gasteiger charge is -2.23. The van der Waals surface area contributed by atoms with Crippen molar-refractivity contribution in [3.05, 3.63) is 88.4 Å². The van der Waals surface area contributed by atoms with Crippen LogP contribution in [0.15, 0.2) is 72.7 Å². The highest BCUT2D eigenvalue weighted by molar-refractivity contribution is 5.74. The Morgan fingerprint density at radius 2 is 1.88 bits per heavy atom. The highest BCUT2D eigenvalue weighted by Crippen LogP contribution is 2.36. The van der Waals surface area contributed by atoms with Crippen molar-refractivity contribution in [1.82, 2.24) is 15.0 Å². The second-order valence-electron chi connectivity index (χ2n) is 7.70. The van der Waals surface area contributed by atoms with E-state index in [0.717, 1.165) is 24.8 Å². The third kappa shape index (κ3) is 5.26. The lowest BCUT2D eigenvalue weighted by molar-refractivity contribution is -0.383. The summed E-state index contributed by atoms with van der Waals surface area (Å²) >= 11 is 0. The van der Waals surface area contributed by atoms with Gasteiger partial charge in [-0.3, -0.25) is 10.1 Å². The first-order chi connectivity index (χ1) is 15.7. The highest BCUT2D eigenvalue weighted by atomic mass is 16.6. The van der Waals surface area contributed by atoms with Crippen LogP contribution in [0.4, 0.5) is 23.1 Å². The smallest absolute Gasteiger partial charge is 0.353 e. The Labute approximate surface area is 187 Å². The summed E-state index contributed by atoms with van der Waals surface area (Å²) in [4.78, 5) is 26.4. The maximum atomic E-state index is 12.1. The average Bonchev–Trinajstić information content (AvgIpc) is 2.84. The molecule has 0 aliphatic heterocycles. The zero-order valence-electron chi connectivity index (χ0n) is 17.9. The van der Waals surface area contributed by atoms with Gasteiger partial charge in [0.2, 0.25) is 11.6 Å². The van der Waals surface area contributed by atoms with E-state index in [9.17, 15) is 10.1 Å². The van der Waals surface area contributed by atoms with E-state index in [1.54, 1.807) is 11.1 Å². The van der Waals surface area contributed by atoms with Crippen molar-refractivity contribution >= 4 is 23.1 Å². The third-order valence-electron chi connectivity index (χ3n) is 5.47. The molecule has 32 heavy (non-hydrogen) atoms. The minimum Gasteiger partial charge on any atom is -0.364 e. The molecule has 4 rings (SSSR count). The van der Waals surface area contributed by atoms with E-state index in [1.807, 2.05) is 48.5 Å². The third-order valence-corrected chi connectivity index (χ3v) is 5.47. The van der Waals surface area contributed by atoms with Gasteiger partial charge in [-0.05, 0) is 49.8 Å². The molecule has 8 heteroatoms. The van der Waals surface area contributed by atoms with Gasteiger partial charge in [0.25, 0.3) is 0 Å². The van der Waals surface area contributed by atoms with Crippen LogP contribution in [0.5, 0.6) is 0 Å². The Balaban J connectivity index is 1.65. The summed E-state index contributed by atoms with van der Waals surface area (Å²) in [7, 11) is 0. The molecule has 1 aromatic carbocycles. The van der Waals surface area contributed by atoms with Crippen molar-refractivity contribution in [3.63, 3.8) is 0 Å². The standard InChI is InChI=1S/C24H26N6O2/c31-30(32)22-23(26-16-14-19-9-3-1-4-10-19)27-18-28-24(22)29(21-13-7-8-15-25-21)17-20-11-5-2-6-12-20/h2,5-9,11-13,15,18H,1,3-4,10,14,16-17H2,(H,26,27,28). The minimum absolute atomic E-state index is 0.147. The second kappa shape index (κ2) is 10.5. The molecule has 2 heterocycles. The summed E-state index contributed by atoms with van der Waals surface area (Å²) in [5.74, 6) is 1.02. The molecule has 0 spiro atoms. The monoisotopic (exact) mass is 430 g/mol. The van der Waals surface area contributed by atoms with E-state index < -0.39 is 4.92 Å². The molecule has 0 amide bonds. The van der Waals surface area contributed by atoms with Crippen LogP contribution in [0.2, 0.25) is 0 Å². The molecule has 2 aromatic heterocycles. The SMILES string of the molecule is O=[N+]([O-])c1c(NCCC2=CCCCC2)ncnc1N(Cc1ccccc1)c1ccccn1. The van der Waals surface area contributed by atoms with Crippen molar-refractivity contribution in [2.75, 3.05) is 16.8 Å². The van der Waals surface area contributed by atoms with Crippen LogP contribution in [0.25, 0.3) is 0 Å². The first-order valence-electron chi connectivity index (χ1n) is 10.9. The molecule has 1 aliphatic rings. The van der Waals surface area contributed by atoms with Crippen LogP contribution < -0.4 is 10.2 Å². The average molecular weight is 431 g/mol. The van der Waals surface area contributed by atoms with Crippen molar-refractivity contribution < 1.29 is 4.92 Å². The number of nitro groups is 1. The number of hydrogen-bond donors (Lipinski definition) is 1. The van der Waals surface area contributed by atoms with E-state index in [0.29, 0.717) is 18.9 Å². The lowest BCUT2D eigenvalue weighted by atomic mass is 9.97. The first-order valence-corrected chi connectivity index (χ1v) is 10.9. The van der Waals surface area contributed by atoms with Gasteiger partial charge >= 0.3 is 5.69 Å². The number of allylic oxidation sites excluding steroid dienone is 1. The molecule has 0 atom stereocenters. The number of pyridine rings is 1. The van der Waals surface area contributed by atoms with Crippen LogP contribution in [0, 0.1) is 10.1 Å². The zero-order valence-corrected chi connectivity index (χ0v) is 17.9. The van der Waals surface area contributed by atoms with Crippen molar-refractivity contribution in [2.45, 2.75) is 38.6 Å². The Kier molecular flexibility index (Phi) is 7.01.